The molecule has 1 aliphatic rings. The van der Waals surface area contributed by atoms with Gasteiger partial charge in [0.15, 0.2) is 0 Å². The van der Waals surface area contributed by atoms with E-state index in [0.29, 0.717) is 5.92 Å². The summed E-state index contributed by atoms with van der Waals surface area (Å²) in [5, 5.41) is 18.9. The molecule has 3 nitrogen and oxygen atoms in total. The summed E-state index contributed by atoms with van der Waals surface area (Å²) in [6.45, 7) is 0. The van der Waals surface area contributed by atoms with Crippen LogP contribution in [-0.2, 0) is 0 Å². The number of hydrogen-bond donors (Lipinski definition) is 3. The third-order valence-corrected chi connectivity index (χ3v) is 3.47. The first kappa shape index (κ1) is 11.3. The van der Waals surface area contributed by atoms with E-state index in [2.05, 4.69) is 0 Å². The lowest BCUT2D eigenvalue weighted by Gasteiger charge is -2.27. The zero-order valence-electron chi connectivity index (χ0n) is 9.39. The number of benzene rings is 1. The molecule has 16 heavy (non-hydrogen) atoms. The average Bonchev–Trinajstić information content (AvgIpc) is 2.28. The van der Waals surface area contributed by atoms with Crippen molar-refractivity contribution >= 4 is 0 Å². The zero-order valence-corrected chi connectivity index (χ0v) is 9.39. The number of phenolic OH excluding ortho intramolecular Hbond substituents is 2. The Bertz CT molecular complexity index is 339. The smallest absolute Gasteiger partial charge is 0.119 e. The van der Waals surface area contributed by atoms with Crippen LogP contribution in [0.3, 0.4) is 0 Å². The summed E-state index contributed by atoms with van der Waals surface area (Å²) in [5.74, 6) is 0.650. The van der Waals surface area contributed by atoms with Crippen LogP contribution in [0.25, 0.3) is 0 Å². The molecule has 1 aliphatic carbocycles. The van der Waals surface area contributed by atoms with Gasteiger partial charge in [-0.1, -0.05) is 19.3 Å². The van der Waals surface area contributed by atoms with E-state index in [9.17, 15) is 10.2 Å². The molecule has 4 N–H and O–H groups in total. The molecule has 1 saturated carbocycles. The van der Waals surface area contributed by atoms with Crippen LogP contribution in [0.4, 0.5) is 0 Å². The highest BCUT2D eigenvalue weighted by atomic mass is 16.3. The molecule has 0 unspecified atom stereocenters. The maximum atomic E-state index is 9.43. The molecule has 1 aromatic rings. The average molecular weight is 221 g/mol. The molecule has 0 saturated heterocycles. The Hall–Kier alpha value is -1.22. The van der Waals surface area contributed by atoms with Crippen LogP contribution >= 0.6 is 0 Å². The van der Waals surface area contributed by atoms with Gasteiger partial charge in [0.2, 0.25) is 0 Å². The van der Waals surface area contributed by atoms with Crippen LogP contribution < -0.4 is 5.73 Å². The molecule has 0 aliphatic heterocycles. The van der Waals surface area contributed by atoms with Gasteiger partial charge in [-0.15, -0.1) is 0 Å². The van der Waals surface area contributed by atoms with Crippen molar-refractivity contribution in [1.29, 1.82) is 0 Å². The van der Waals surface area contributed by atoms with Crippen LogP contribution in [0, 0.1) is 5.92 Å². The predicted molar refractivity (Wildman–Crippen MR) is 63.3 cm³/mol. The summed E-state index contributed by atoms with van der Waals surface area (Å²) in [6, 6.07) is 4.56. The molecule has 1 atom stereocenters. The fourth-order valence-electron chi connectivity index (χ4n) is 2.58. The molecule has 1 fully saturated rings. The fraction of sp³-hybridized carbons (Fsp3) is 0.538. The van der Waals surface area contributed by atoms with Crippen molar-refractivity contribution in [2.75, 3.05) is 0 Å². The van der Waals surface area contributed by atoms with E-state index >= 15 is 0 Å². The van der Waals surface area contributed by atoms with Crippen molar-refractivity contribution in [3.05, 3.63) is 23.8 Å². The quantitative estimate of drug-likeness (QED) is 0.719. The third kappa shape index (κ3) is 2.47. The van der Waals surface area contributed by atoms with Crippen molar-refractivity contribution in [3.8, 4) is 11.5 Å². The predicted octanol–water partition coefficient (Wildman–Crippen LogP) is 2.68. The van der Waals surface area contributed by atoms with Crippen LogP contribution in [0.15, 0.2) is 18.2 Å². The molecule has 0 spiro atoms. The van der Waals surface area contributed by atoms with E-state index in [1.807, 2.05) is 0 Å². The second kappa shape index (κ2) is 4.74. The van der Waals surface area contributed by atoms with Crippen molar-refractivity contribution in [1.82, 2.24) is 0 Å². The number of rotatable bonds is 2. The highest BCUT2D eigenvalue weighted by molar-refractivity contribution is 5.38. The van der Waals surface area contributed by atoms with E-state index in [1.54, 1.807) is 12.1 Å². The highest BCUT2D eigenvalue weighted by Crippen LogP contribution is 2.35. The van der Waals surface area contributed by atoms with Gasteiger partial charge < -0.3 is 15.9 Å². The standard InChI is InChI=1S/C13H19NO2/c14-13(9-4-2-1-3-5-9)10-6-11(15)8-12(16)7-10/h6-9,13,15-16H,1-5,14H2/t13-/m1/s1. The normalized spacial score (nSPS) is 19.6. The second-order valence-electron chi connectivity index (χ2n) is 4.71. The Kier molecular flexibility index (Phi) is 3.34. The molecule has 0 heterocycles. The van der Waals surface area contributed by atoms with Crippen LogP contribution in [0.1, 0.15) is 43.7 Å². The minimum Gasteiger partial charge on any atom is -0.508 e. The van der Waals surface area contributed by atoms with Gasteiger partial charge in [-0.2, -0.15) is 0 Å². The van der Waals surface area contributed by atoms with Crippen molar-refractivity contribution in [3.63, 3.8) is 0 Å². The Labute approximate surface area is 95.9 Å². The fourth-order valence-corrected chi connectivity index (χ4v) is 2.58. The van der Waals surface area contributed by atoms with E-state index in [0.717, 1.165) is 18.4 Å². The lowest BCUT2D eigenvalue weighted by Crippen LogP contribution is -2.23. The summed E-state index contributed by atoms with van der Waals surface area (Å²) in [4.78, 5) is 0. The Balaban J connectivity index is 2.15. The van der Waals surface area contributed by atoms with E-state index < -0.39 is 0 Å². The third-order valence-electron chi connectivity index (χ3n) is 3.47. The summed E-state index contributed by atoms with van der Waals surface area (Å²) in [7, 11) is 0. The van der Waals surface area contributed by atoms with Gasteiger partial charge in [-0.05, 0) is 36.5 Å². The number of nitrogens with two attached hydrogens (primary N) is 1. The van der Waals surface area contributed by atoms with E-state index in [4.69, 9.17) is 5.73 Å². The SMILES string of the molecule is N[C@@H](c1cc(O)cc(O)c1)C1CCCCC1. The summed E-state index contributed by atoms with van der Waals surface area (Å²) in [6.07, 6.45) is 6.08. The number of phenols is 2. The molecule has 3 heteroatoms. The molecule has 0 amide bonds. The van der Waals surface area contributed by atoms with Crippen LogP contribution in [0.5, 0.6) is 11.5 Å². The first-order valence-electron chi connectivity index (χ1n) is 5.95. The summed E-state index contributed by atoms with van der Waals surface area (Å²) >= 11 is 0. The van der Waals surface area contributed by atoms with Crippen molar-refractivity contribution in [2.45, 2.75) is 38.1 Å². The lowest BCUT2D eigenvalue weighted by atomic mass is 9.81. The first-order valence-corrected chi connectivity index (χ1v) is 5.95. The maximum absolute atomic E-state index is 9.43. The van der Waals surface area contributed by atoms with Gasteiger partial charge in [0.05, 0.1) is 0 Å². The molecule has 0 radical (unpaired) electrons. The monoisotopic (exact) mass is 221 g/mol. The minimum atomic E-state index is -0.0710. The zero-order chi connectivity index (χ0) is 11.5. The van der Waals surface area contributed by atoms with Crippen LogP contribution in [0.2, 0.25) is 0 Å². The molecule has 2 rings (SSSR count). The lowest BCUT2D eigenvalue weighted by molar-refractivity contribution is 0.307. The van der Waals surface area contributed by atoms with Gasteiger partial charge in [0.25, 0.3) is 0 Å². The molecule has 0 aromatic heterocycles. The molecule has 1 aromatic carbocycles. The maximum Gasteiger partial charge on any atom is 0.119 e. The van der Waals surface area contributed by atoms with Crippen LogP contribution in [-0.4, -0.2) is 10.2 Å². The summed E-state index contributed by atoms with van der Waals surface area (Å²) < 4.78 is 0. The Morgan fingerprint density at radius 3 is 2.12 bits per heavy atom. The van der Waals surface area contributed by atoms with E-state index in [1.165, 1.54) is 25.3 Å². The van der Waals surface area contributed by atoms with Gasteiger partial charge >= 0.3 is 0 Å². The van der Waals surface area contributed by atoms with Gasteiger partial charge in [0.1, 0.15) is 11.5 Å². The van der Waals surface area contributed by atoms with Gasteiger partial charge in [-0.25, -0.2) is 0 Å². The first-order chi connectivity index (χ1) is 7.66. The number of hydrogen-bond acceptors (Lipinski definition) is 3. The van der Waals surface area contributed by atoms with Gasteiger partial charge in [0, 0.05) is 12.1 Å². The second-order valence-corrected chi connectivity index (χ2v) is 4.71. The summed E-state index contributed by atoms with van der Waals surface area (Å²) in [5.41, 5.74) is 7.02. The molecule has 0 bridgehead atoms. The minimum absolute atomic E-state index is 0.0710. The Morgan fingerprint density at radius 2 is 1.56 bits per heavy atom. The highest BCUT2D eigenvalue weighted by Gasteiger charge is 2.22. The van der Waals surface area contributed by atoms with Crippen molar-refractivity contribution < 1.29 is 10.2 Å². The molecule has 88 valence electrons. The van der Waals surface area contributed by atoms with Gasteiger partial charge in [-0.3, -0.25) is 0 Å². The van der Waals surface area contributed by atoms with E-state index in [-0.39, 0.29) is 17.5 Å². The largest absolute Gasteiger partial charge is 0.508 e. The topological polar surface area (TPSA) is 66.5 Å². The molecular formula is C13H19NO2. The molecular weight excluding hydrogens is 202 g/mol. The number of aromatic hydroxyl groups is 2. The Morgan fingerprint density at radius 1 is 1.00 bits per heavy atom. The van der Waals surface area contributed by atoms with Crippen molar-refractivity contribution in [2.24, 2.45) is 11.7 Å².